The van der Waals surface area contributed by atoms with Gasteiger partial charge in [0, 0.05) is 5.41 Å². The molecule has 1 aliphatic carbocycles. The van der Waals surface area contributed by atoms with Crippen LogP contribution in [-0.4, -0.2) is 0 Å². The van der Waals surface area contributed by atoms with Crippen LogP contribution < -0.4 is 0 Å². The van der Waals surface area contributed by atoms with Gasteiger partial charge in [-0.1, -0.05) is 38.2 Å². The molecule has 0 radical (unpaired) electrons. The second-order valence-electron chi connectivity index (χ2n) is 3.50. The first-order valence-corrected chi connectivity index (χ1v) is 4.24. The molecule has 1 heteroatoms. The standard InChI is InChI=1S/C7H10.C5H5.Fe/c1-7(2)5-3-4-6-7;1-2-4-5-3-1;/h3-6H,1-2H3;1-5H;/q;-1;+2. The SMILES string of the molecule is CC1(C)C=CC=C1.[Fe+2].c1cc[cH-]c1. The minimum Gasteiger partial charge on any atom is -0.214 e. The number of hydrogen-bond donors (Lipinski definition) is 0. The molecule has 0 N–H and O–H groups in total. The third kappa shape index (κ3) is 5.57. The zero-order valence-corrected chi connectivity index (χ0v) is 9.15. The average molecular weight is 215 g/mol. The average Bonchev–Trinajstić information content (AvgIpc) is 2.60. The molecule has 0 atom stereocenters. The van der Waals surface area contributed by atoms with Crippen molar-refractivity contribution < 1.29 is 17.1 Å². The van der Waals surface area contributed by atoms with E-state index in [4.69, 9.17) is 0 Å². The van der Waals surface area contributed by atoms with Crippen molar-refractivity contribution in [1.29, 1.82) is 0 Å². The van der Waals surface area contributed by atoms with E-state index in [1.165, 1.54) is 0 Å². The first kappa shape index (κ1) is 12.3. The van der Waals surface area contributed by atoms with Crippen LogP contribution in [0.3, 0.4) is 0 Å². The van der Waals surface area contributed by atoms with Crippen molar-refractivity contribution >= 4 is 0 Å². The molecule has 1 aromatic carbocycles. The fraction of sp³-hybridized carbons (Fsp3) is 0.250. The molecule has 0 unspecified atom stereocenters. The molecule has 1 aromatic rings. The zero-order valence-electron chi connectivity index (χ0n) is 8.05. The van der Waals surface area contributed by atoms with Crippen molar-refractivity contribution in [2.75, 3.05) is 0 Å². The smallest absolute Gasteiger partial charge is 0.214 e. The molecule has 0 amide bonds. The Kier molecular flexibility index (Phi) is 5.61. The van der Waals surface area contributed by atoms with Gasteiger partial charge in [-0.25, -0.2) is 12.1 Å². The molecule has 0 aromatic heterocycles. The van der Waals surface area contributed by atoms with E-state index >= 15 is 0 Å². The number of rotatable bonds is 0. The van der Waals surface area contributed by atoms with Gasteiger partial charge in [0.2, 0.25) is 0 Å². The summed E-state index contributed by atoms with van der Waals surface area (Å²) in [4.78, 5) is 0. The first-order valence-electron chi connectivity index (χ1n) is 4.24. The molecule has 0 saturated heterocycles. The predicted molar refractivity (Wildman–Crippen MR) is 54.1 cm³/mol. The van der Waals surface area contributed by atoms with Crippen LogP contribution in [0.4, 0.5) is 0 Å². The van der Waals surface area contributed by atoms with E-state index in [0.29, 0.717) is 5.41 Å². The Hall–Kier alpha value is -0.651. The monoisotopic (exact) mass is 215 g/mol. The normalized spacial score (nSPS) is 15.8. The Bertz CT molecular complexity index is 221. The van der Waals surface area contributed by atoms with Crippen LogP contribution in [0, 0.1) is 5.41 Å². The van der Waals surface area contributed by atoms with Gasteiger partial charge >= 0.3 is 17.1 Å². The summed E-state index contributed by atoms with van der Waals surface area (Å²) < 4.78 is 0. The van der Waals surface area contributed by atoms with Crippen molar-refractivity contribution in [3.63, 3.8) is 0 Å². The van der Waals surface area contributed by atoms with E-state index in [0.717, 1.165) is 0 Å². The van der Waals surface area contributed by atoms with Crippen LogP contribution in [0.1, 0.15) is 13.8 Å². The van der Waals surface area contributed by atoms with Gasteiger partial charge in [0.1, 0.15) is 0 Å². The van der Waals surface area contributed by atoms with Gasteiger partial charge in [0.25, 0.3) is 0 Å². The Morgan fingerprint density at radius 1 is 0.923 bits per heavy atom. The van der Waals surface area contributed by atoms with Crippen molar-refractivity contribution in [2.45, 2.75) is 13.8 Å². The van der Waals surface area contributed by atoms with Gasteiger partial charge in [-0.05, 0) is 0 Å². The Labute approximate surface area is 91.2 Å². The Morgan fingerprint density at radius 2 is 1.38 bits per heavy atom. The van der Waals surface area contributed by atoms with Crippen LogP contribution in [0.2, 0.25) is 0 Å². The predicted octanol–water partition coefficient (Wildman–Crippen LogP) is 3.54. The molecule has 0 fully saturated rings. The summed E-state index contributed by atoms with van der Waals surface area (Å²) in [5.41, 5.74) is 0.333. The maximum Gasteiger partial charge on any atom is 2.00 e. The van der Waals surface area contributed by atoms with Crippen LogP contribution >= 0.6 is 0 Å². The van der Waals surface area contributed by atoms with E-state index in [-0.39, 0.29) is 17.1 Å². The fourth-order valence-electron chi connectivity index (χ4n) is 0.983. The molecule has 0 aliphatic heterocycles. The van der Waals surface area contributed by atoms with Crippen molar-refractivity contribution in [3.05, 3.63) is 54.6 Å². The third-order valence-electron chi connectivity index (χ3n) is 1.72. The molecule has 1 aliphatic rings. The number of allylic oxidation sites excluding steroid dienone is 4. The molecule has 0 heterocycles. The van der Waals surface area contributed by atoms with Gasteiger partial charge in [0.15, 0.2) is 0 Å². The van der Waals surface area contributed by atoms with E-state index in [1.807, 2.05) is 30.3 Å². The van der Waals surface area contributed by atoms with Crippen LogP contribution in [0.15, 0.2) is 54.6 Å². The number of hydrogen-bond acceptors (Lipinski definition) is 0. The van der Waals surface area contributed by atoms with E-state index in [2.05, 4.69) is 38.2 Å². The quantitative estimate of drug-likeness (QED) is 0.458. The van der Waals surface area contributed by atoms with Gasteiger partial charge in [0.05, 0.1) is 0 Å². The third-order valence-corrected chi connectivity index (χ3v) is 1.72. The van der Waals surface area contributed by atoms with Crippen molar-refractivity contribution in [3.8, 4) is 0 Å². The largest absolute Gasteiger partial charge is 2.00 e. The molecule has 0 bridgehead atoms. The second-order valence-corrected chi connectivity index (χ2v) is 3.50. The summed E-state index contributed by atoms with van der Waals surface area (Å²) in [6.07, 6.45) is 8.54. The van der Waals surface area contributed by atoms with E-state index < -0.39 is 0 Å². The minimum absolute atomic E-state index is 0. The first-order chi connectivity index (χ1) is 5.71. The molecule has 2 rings (SSSR count). The molecular weight excluding hydrogens is 200 g/mol. The molecule has 0 nitrogen and oxygen atoms in total. The molecule has 0 saturated carbocycles. The topological polar surface area (TPSA) is 0 Å². The zero-order chi connectivity index (χ0) is 8.86. The Balaban J connectivity index is 0.000000215. The van der Waals surface area contributed by atoms with Crippen LogP contribution in [0.5, 0.6) is 0 Å². The summed E-state index contributed by atoms with van der Waals surface area (Å²) in [7, 11) is 0. The molecule has 13 heavy (non-hydrogen) atoms. The second kappa shape index (κ2) is 5.90. The van der Waals surface area contributed by atoms with Crippen molar-refractivity contribution in [1.82, 2.24) is 0 Å². The van der Waals surface area contributed by atoms with Gasteiger partial charge in [-0.2, -0.15) is 18.2 Å². The van der Waals surface area contributed by atoms with Crippen LogP contribution in [0.25, 0.3) is 0 Å². The summed E-state index contributed by atoms with van der Waals surface area (Å²) in [5.74, 6) is 0. The maximum atomic E-state index is 2.19. The van der Waals surface area contributed by atoms with Crippen LogP contribution in [-0.2, 0) is 17.1 Å². The molecule has 0 spiro atoms. The summed E-state index contributed by atoms with van der Waals surface area (Å²) >= 11 is 0. The minimum atomic E-state index is 0. The van der Waals surface area contributed by atoms with E-state index in [1.54, 1.807) is 0 Å². The summed E-state index contributed by atoms with van der Waals surface area (Å²) in [6.45, 7) is 4.38. The van der Waals surface area contributed by atoms with Gasteiger partial charge in [-0.3, -0.25) is 0 Å². The molecule has 70 valence electrons. The maximum absolute atomic E-state index is 2.19. The summed E-state index contributed by atoms with van der Waals surface area (Å²) in [5, 5.41) is 0. The molecular formula is C12H15Fe+. The Morgan fingerprint density at radius 3 is 1.54 bits per heavy atom. The van der Waals surface area contributed by atoms with Crippen molar-refractivity contribution in [2.24, 2.45) is 5.41 Å². The van der Waals surface area contributed by atoms with Gasteiger partial charge in [-0.15, -0.1) is 0 Å². The fourth-order valence-corrected chi connectivity index (χ4v) is 0.983. The van der Waals surface area contributed by atoms with E-state index in [9.17, 15) is 0 Å². The summed E-state index contributed by atoms with van der Waals surface area (Å²) in [6, 6.07) is 10.0. The van der Waals surface area contributed by atoms with Gasteiger partial charge < -0.3 is 0 Å².